The third-order valence-corrected chi connectivity index (χ3v) is 3.47. The molecule has 0 saturated heterocycles. The number of pyridine rings is 1. The number of nitrogens with zero attached hydrogens (tertiary/aromatic N) is 3. The lowest BCUT2D eigenvalue weighted by atomic mass is 10.1. The molecule has 0 fully saturated rings. The fourth-order valence-electron chi connectivity index (χ4n) is 2.38. The van der Waals surface area contributed by atoms with Crippen molar-refractivity contribution in [3.63, 3.8) is 0 Å². The third-order valence-electron chi connectivity index (χ3n) is 3.47. The molecule has 0 radical (unpaired) electrons. The molecule has 0 atom stereocenters. The van der Waals surface area contributed by atoms with Gasteiger partial charge < -0.3 is 9.88 Å². The second-order valence-electron chi connectivity index (χ2n) is 5.56. The van der Waals surface area contributed by atoms with Gasteiger partial charge >= 0.3 is 0 Å². The Morgan fingerprint density at radius 1 is 1.14 bits per heavy atom. The van der Waals surface area contributed by atoms with Crippen molar-refractivity contribution in [1.29, 1.82) is 0 Å². The highest BCUT2D eigenvalue weighted by molar-refractivity contribution is 5.81. The number of rotatable bonds is 5. The molecule has 21 heavy (non-hydrogen) atoms. The van der Waals surface area contributed by atoms with Crippen molar-refractivity contribution in [3.8, 4) is 0 Å². The van der Waals surface area contributed by atoms with Crippen molar-refractivity contribution in [3.05, 3.63) is 60.3 Å². The van der Waals surface area contributed by atoms with Gasteiger partial charge in [0.1, 0.15) is 0 Å². The molecule has 0 amide bonds. The van der Waals surface area contributed by atoms with Gasteiger partial charge in [-0.25, -0.2) is 4.98 Å². The molecule has 1 aromatic carbocycles. The van der Waals surface area contributed by atoms with E-state index in [2.05, 4.69) is 58.1 Å². The molecular weight excluding hydrogens is 260 g/mol. The molecule has 0 aliphatic heterocycles. The highest BCUT2D eigenvalue weighted by Crippen LogP contribution is 2.17. The van der Waals surface area contributed by atoms with Gasteiger partial charge in [0.05, 0.1) is 17.5 Å². The second-order valence-corrected chi connectivity index (χ2v) is 5.56. The highest BCUT2D eigenvalue weighted by atomic mass is 15.0. The van der Waals surface area contributed by atoms with Crippen LogP contribution in [0.25, 0.3) is 10.9 Å². The molecule has 4 nitrogen and oxygen atoms in total. The van der Waals surface area contributed by atoms with Crippen LogP contribution >= 0.6 is 0 Å². The van der Waals surface area contributed by atoms with Crippen LogP contribution in [-0.4, -0.2) is 20.6 Å². The van der Waals surface area contributed by atoms with Crippen molar-refractivity contribution >= 4 is 10.9 Å². The summed E-state index contributed by atoms with van der Waals surface area (Å²) in [6.07, 6.45) is 5.87. The molecule has 3 aromatic rings. The van der Waals surface area contributed by atoms with Crippen LogP contribution in [-0.2, 0) is 13.1 Å². The Balaban J connectivity index is 1.79. The van der Waals surface area contributed by atoms with Crippen LogP contribution in [0.5, 0.6) is 0 Å². The van der Waals surface area contributed by atoms with Gasteiger partial charge in [0.15, 0.2) is 0 Å². The largest absolute Gasteiger partial charge is 0.333 e. The van der Waals surface area contributed by atoms with Crippen molar-refractivity contribution < 1.29 is 0 Å². The van der Waals surface area contributed by atoms with E-state index in [-0.39, 0.29) is 0 Å². The summed E-state index contributed by atoms with van der Waals surface area (Å²) in [5.74, 6) is 0. The lowest BCUT2D eigenvalue weighted by Crippen LogP contribution is -2.21. The van der Waals surface area contributed by atoms with Crippen molar-refractivity contribution in [2.24, 2.45) is 0 Å². The average Bonchev–Trinajstić information content (AvgIpc) is 2.93. The van der Waals surface area contributed by atoms with Gasteiger partial charge in [-0.15, -0.1) is 0 Å². The maximum absolute atomic E-state index is 4.45. The Morgan fingerprint density at radius 2 is 2.00 bits per heavy atom. The second kappa shape index (κ2) is 6.06. The number of hydrogen-bond donors (Lipinski definition) is 1. The molecule has 0 bridgehead atoms. The van der Waals surface area contributed by atoms with E-state index in [9.17, 15) is 0 Å². The van der Waals surface area contributed by atoms with Crippen LogP contribution in [0, 0.1) is 0 Å². The molecule has 0 aliphatic carbocycles. The van der Waals surface area contributed by atoms with Gasteiger partial charge in [-0.3, -0.25) is 4.98 Å². The minimum atomic E-state index is 0.472. The molecule has 0 unspecified atom stereocenters. The molecule has 0 aliphatic rings. The number of benzene rings is 1. The summed E-state index contributed by atoms with van der Waals surface area (Å²) in [6, 6.07) is 10.8. The van der Waals surface area contributed by atoms with Crippen LogP contribution in [0.3, 0.4) is 0 Å². The summed E-state index contributed by atoms with van der Waals surface area (Å²) >= 11 is 0. The summed E-state index contributed by atoms with van der Waals surface area (Å²) in [4.78, 5) is 8.85. The molecule has 108 valence electrons. The quantitative estimate of drug-likeness (QED) is 0.781. The van der Waals surface area contributed by atoms with Crippen molar-refractivity contribution in [1.82, 2.24) is 19.9 Å². The first kappa shape index (κ1) is 13.8. The smallest absolute Gasteiger partial charge is 0.0953 e. The van der Waals surface area contributed by atoms with Crippen LogP contribution in [0.2, 0.25) is 0 Å². The van der Waals surface area contributed by atoms with E-state index in [4.69, 9.17) is 0 Å². The Bertz CT molecular complexity index is 725. The SMILES string of the molecule is CC(C)NCc1cn(Cc2ccnc3ccccc23)cn1. The van der Waals surface area contributed by atoms with E-state index in [0.717, 1.165) is 24.3 Å². The van der Waals surface area contributed by atoms with E-state index in [1.807, 2.05) is 24.7 Å². The number of aromatic nitrogens is 3. The summed E-state index contributed by atoms with van der Waals surface area (Å²) in [5, 5.41) is 4.59. The Hall–Kier alpha value is -2.20. The van der Waals surface area contributed by atoms with Crippen LogP contribution < -0.4 is 5.32 Å². The van der Waals surface area contributed by atoms with Gasteiger partial charge in [0, 0.05) is 36.9 Å². The molecule has 4 heteroatoms. The molecule has 1 N–H and O–H groups in total. The fourth-order valence-corrected chi connectivity index (χ4v) is 2.38. The maximum Gasteiger partial charge on any atom is 0.0953 e. The molecule has 3 rings (SSSR count). The summed E-state index contributed by atoms with van der Waals surface area (Å²) < 4.78 is 2.12. The van der Waals surface area contributed by atoms with Gasteiger partial charge in [0.2, 0.25) is 0 Å². The minimum Gasteiger partial charge on any atom is -0.333 e. The average molecular weight is 280 g/mol. The maximum atomic E-state index is 4.45. The number of imidazole rings is 1. The zero-order chi connectivity index (χ0) is 14.7. The molecule has 0 spiro atoms. The standard InChI is InChI=1S/C17H20N4/c1-13(2)19-9-15-11-21(12-20-15)10-14-7-8-18-17-6-4-3-5-16(14)17/h3-8,11-13,19H,9-10H2,1-2H3. The third kappa shape index (κ3) is 3.28. The first-order valence-electron chi connectivity index (χ1n) is 7.29. The van der Waals surface area contributed by atoms with E-state index in [1.54, 1.807) is 0 Å². The fraction of sp³-hybridized carbons (Fsp3) is 0.294. The first-order valence-corrected chi connectivity index (χ1v) is 7.29. The Morgan fingerprint density at radius 3 is 2.86 bits per heavy atom. The summed E-state index contributed by atoms with van der Waals surface area (Å²) in [6.45, 7) is 5.90. The highest BCUT2D eigenvalue weighted by Gasteiger charge is 2.04. The minimum absolute atomic E-state index is 0.472. The predicted molar refractivity (Wildman–Crippen MR) is 85.0 cm³/mol. The van der Waals surface area contributed by atoms with Crippen LogP contribution in [0.15, 0.2) is 49.1 Å². The normalized spacial score (nSPS) is 11.4. The van der Waals surface area contributed by atoms with Gasteiger partial charge in [-0.05, 0) is 17.7 Å². The van der Waals surface area contributed by atoms with Crippen molar-refractivity contribution in [2.45, 2.75) is 33.0 Å². The van der Waals surface area contributed by atoms with Gasteiger partial charge in [-0.1, -0.05) is 32.0 Å². The zero-order valence-electron chi connectivity index (χ0n) is 12.5. The van der Waals surface area contributed by atoms with E-state index < -0.39 is 0 Å². The van der Waals surface area contributed by atoms with Crippen LogP contribution in [0.1, 0.15) is 25.1 Å². The lowest BCUT2D eigenvalue weighted by Gasteiger charge is -2.07. The Kier molecular flexibility index (Phi) is 3.97. The Labute approximate surface area is 124 Å². The monoisotopic (exact) mass is 280 g/mol. The number of nitrogens with one attached hydrogen (secondary N) is 1. The van der Waals surface area contributed by atoms with E-state index >= 15 is 0 Å². The number of fused-ring (bicyclic) bond motifs is 1. The molecule has 2 heterocycles. The zero-order valence-corrected chi connectivity index (χ0v) is 12.5. The summed E-state index contributed by atoms with van der Waals surface area (Å²) in [5.41, 5.74) is 3.38. The van der Waals surface area contributed by atoms with Gasteiger partial charge in [0.25, 0.3) is 0 Å². The molecule has 2 aromatic heterocycles. The van der Waals surface area contributed by atoms with E-state index in [0.29, 0.717) is 6.04 Å². The summed E-state index contributed by atoms with van der Waals surface area (Å²) in [7, 11) is 0. The predicted octanol–water partition coefficient (Wildman–Crippen LogP) is 2.98. The number of para-hydroxylation sites is 1. The van der Waals surface area contributed by atoms with Gasteiger partial charge in [-0.2, -0.15) is 0 Å². The topological polar surface area (TPSA) is 42.7 Å². The van der Waals surface area contributed by atoms with E-state index in [1.165, 1.54) is 10.9 Å². The van der Waals surface area contributed by atoms with Crippen molar-refractivity contribution in [2.75, 3.05) is 0 Å². The lowest BCUT2D eigenvalue weighted by molar-refractivity contribution is 0.582. The number of hydrogen-bond acceptors (Lipinski definition) is 3. The first-order chi connectivity index (χ1) is 10.2. The molecule has 0 saturated carbocycles. The van der Waals surface area contributed by atoms with Crippen LogP contribution in [0.4, 0.5) is 0 Å². The molecular formula is C17H20N4.